The molecule has 114 valence electrons. The first-order chi connectivity index (χ1) is 10.0. The summed E-state index contributed by atoms with van der Waals surface area (Å²) >= 11 is 3.25. The zero-order valence-electron chi connectivity index (χ0n) is 11.7. The van der Waals surface area contributed by atoms with Crippen molar-refractivity contribution < 1.29 is 14.7 Å². The van der Waals surface area contributed by atoms with Crippen LogP contribution >= 0.6 is 15.9 Å². The number of hydrogen-bond acceptors (Lipinski definition) is 3. The van der Waals surface area contributed by atoms with E-state index in [-0.39, 0.29) is 11.5 Å². The van der Waals surface area contributed by atoms with Gasteiger partial charge in [-0.1, -0.05) is 15.9 Å². The monoisotopic (exact) mass is 354 g/mol. The van der Waals surface area contributed by atoms with Crippen molar-refractivity contribution in [3.05, 3.63) is 28.2 Å². The van der Waals surface area contributed by atoms with Crippen molar-refractivity contribution >= 4 is 33.5 Å². The third-order valence-electron chi connectivity index (χ3n) is 3.67. The van der Waals surface area contributed by atoms with Crippen molar-refractivity contribution in [3.8, 4) is 0 Å². The lowest BCUT2D eigenvalue weighted by atomic mass is 9.93. The van der Waals surface area contributed by atoms with Crippen LogP contribution in [0, 0.1) is 5.92 Å². The minimum atomic E-state index is -1.01. The Morgan fingerprint density at radius 3 is 2.67 bits per heavy atom. The maximum absolute atomic E-state index is 12.0. The Labute approximate surface area is 132 Å². The fourth-order valence-corrected chi connectivity index (χ4v) is 3.01. The average molecular weight is 355 g/mol. The number of hydrogen-bond donors (Lipinski definition) is 3. The van der Waals surface area contributed by atoms with Crippen molar-refractivity contribution in [2.45, 2.75) is 25.7 Å². The largest absolute Gasteiger partial charge is 0.478 e. The molecular formula is C15H19BrN2O3. The van der Waals surface area contributed by atoms with E-state index in [1.54, 1.807) is 6.07 Å². The van der Waals surface area contributed by atoms with Gasteiger partial charge >= 0.3 is 5.97 Å². The van der Waals surface area contributed by atoms with Gasteiger partial charge in [-0.3, -0.25) is 4.79 Å². The van der Waals surface area contributed by atoms with E-state index in [0.717, 1.165) is 32.4 Å². The second-order valence-corrected chi connectivity index (χ2v) is 6.23. The van der Waals surface area contributed by atoms with E-state index in [4.69, 9.17) is 5.11 Å². The van der Waals surface area contributed by atoms with Gasteiger partial charge in [0.2, 0.25) is 5.91 Å². The van der Waals surface area contributed by atoms with E-state index < -0.39 is 5.97 Å². The van der Waals surface area contributed by atoms with Crippen molar-refractivity contribution in [1.82, 2.24) is 5.32 Å². The Bertz CT molecular complexity index is 528. The number of carboxylic acid groups (broad SMARTS) is 1. The molecule has 0 bridgehead atoms. The van der Waals surface area contributed by atoms with Gasteiger partial charge in [-0.05, 0) is 56.5 Å². The molecule has 1 aromatic rings. The van der Waals surface area contributed by atoms with Crippen LogP contribution in [0.15, 0.2) is 22.7 Å². The lowest BCUT2D eigenvalue weighted by Crippen LogP contribution is -2.28. The lowest BCUT2D eigenvalue weighted by Gasteiger charge is -2.22. The van der Waals surface area contributed by atoms with Crippen LogP contribution in [0.5, 0.6) is 0 Å². The molecule has 0 atom stereocenters. The van der Waals surface area contributed by atoms with Crippen LogP contribution < -0.4 is 10.6 Å². The van der Waals surface area contributed by atoms with E-state index >= 15 is 0 Å². The van der Waals surface area contributed by atoms with Crippen LogP contribution in [0.3, 0.4) is 0 Å². The average Bonchev–Trinajstić information content (AvgIpc) is 2.45. The van der Waals surface area contributed by atoms with Gasteiger partial charge in [0.1, 0.15) is 0 Å². The third kappa shape index (κ3) is 5.13. The number of halogens is 1. The summed E-state index contributed by atoms with van der Waals surface area (Å²) in [4.78, 5) is 22.9. The van der Waals surface area contributed by atoms with Gasteiger partial charge in [-0.25, -0.2) is 4.79 Å². The molecule has 1 fully saturated rings. The number of carboxylic acids is 1. The Morgan fingerprint density at radius 2 is 2.00 bits per heavy atom. The highest BCUT2D eigenvalue weighted by Gasteiger charge is 2.15. The molecule has 1 amide bonds. The summed E-state index contributed by atoms with van der Waals surface area (Å²) < 4.78 is 0.635. The molecule has 1 aliphatic heterocycles. The topological polar surface area (TPSA) is 78.4 Å². The highest BCUT2D eigenvalue weighted by atomic mass is 79.9. The quantitative estimate of drug-likeness (QED) is 0.759. The van der Waals surface area contributed by atoms with E-state index in [1.165, 1.54) is 12.1 Å². The number of carbonyl (C=O) groups excluding carboxylic acids is 1. The van der Waals surface area contributed by atoms with Crippen molar-refractivity contribution in [2.24, 2.45) is 5.92 Å². The summed E-state index contributed by atoms with van der Waals surface area (Å²) in [6, 6.07) is 4.68. The summed E-state index contributed by atoms with van der Waals surface area (Å²) in [6.07, 6.45) is 3.59. The molecule has 0 unspecified atom stereocenters. The minimum Gasteiger partial charge on any atom is -0.478 e. The molecule has 5 nitrogen and oxygen atoms in total. The predicted molar refractivity (Wildman–Crippen MR) is 84.6 cm³/mol. The van der Waals surface area contributed by atoms with E-state index in [2.05, 4.69) is 26.6 Å². The zero-order chi connectivity index (χ0) is 15.2. The van der Waals surface area contributed by atoms with Crippen LogP contribution in [0.25, 0.3) is 0 Å². The number of rotatable bonds is 5. The first-order valence-electron chi connectivity index (χ1n) is 7.09. The summed E-state index contributed by atoms with van der Waals surface area (Å²) in [7, 11) is 0. The fraction of sp³-hybridized carbons (Fsp3) is 0.467. The minimum absolute atomic E-state index is 0.0667. The number of carbonyl (C=O) groups is 2. The van der Waals surface area contributed by atoms with Gasteiger partial charge in [-0.15, -0.1) is 0 Å². The van der Waals surface area contributed by atoms with E-state index in [1.807, 2.05) is 0 Å². The van der Waals surface area contributed by atoms with Crippen LogP contribution in [0.1, 0.15) is 36.0 Å². The van der Waals surface area contributed by atoms with Crippen molar-refractivity contribution in [2.75, 3.05) is 18.4 Å². The number of nitrogens with one attached hydrogen (secondary N) is 2. The second kappa shape index (κ2) is 7.56. The standard InChI is InChI=1S/C15H19BrN2O3/c16-12-7-11(15(20)21)8-13(9-12)18-14(19)2-1-10-3-5-17-6-4-10/h7-10,17H,1-6H2,(H,18,19)(H,20,21). The fourth-order valence-electron chi connectivity index (χ4n) is 2.51. The molecule has 0 spiro atoms. The summed E-state index contributed by atoms with van der Waals surface area (Å²) in [5, 5.41) is 15.1. The first-order valence-corrected chi connectivity index (χ1v) is 7.88. The maximum Gasteiger partial charge on any atom is 0.335 e. The smallest absolute Gasteiger partial charge is 0.335 e. The third-order valence-corrected chi connectivity index (χ3v) is 4.12. The summed E-state index contributed by atoms with van der Waals surface area (Å²) in [6.45, 7) is 2.06. The first kappa shape index (κ1) is 16.0. The Kier molecular flexibility index (Phi) is 5.76. The molecule has 6 heteroatoms. The van der Waals surface area contributed by atoms with Crippen LogP contribution in [-0.4, -0.2) is 30.1 Å². The summed E-state index contributed by atoms with van der Waals surface area (Å²) in [5.74, 6) is -0.474. The molecule has 1 aliphatic rings. The highest BCUT2D eigenvalue weighted by Crippen LogP contribution is 2.21. The molecule has 3 N–H and O–H groups in total. The number of anilines is 1. The molecule has 2 rings (SSSR count). The Hall–Kier alpha value is -1.40. The molecule has 1 heterocycles. The molecule has 0 saturated carbocycles. The normalized spacial score (nSPS) is 15.7. The van der Waals surface area contributed by atoms with Gasteiger partial charge in [-0.2, -0.15) is 0 Å². The van der Waals surface area contributed by atoms with Gasteiger partial charge in [0.15, 0.2) is 0 Å². The Balaban J connectivity index is 1.88. The van der Waals surface area contributed by atoms with E-state index in [9.17, 15) is 9.59 Å². The second-order valence-electron chi connectivity index (χ2n) is 5.31. The molecule has 21 heavy (non-hydrogen) atoms. The summed E-state index contributed by atoms with van der Waals surface area (Å²) in [5.41, 5.74) is 0.662. The van der Waals surface area contributed by atoms with Crippen LogP contribution in [0.4, 0.5) is 5.69 Å². The highest BCUT2D eigenvalue weighted by molar-refractivity contribution is 9.10. The molecule has 0 aromatic heterocycles. The zero-order valence-corrected chi connectivity index (χ0v) is 13.3. The van der Waals surface area contributed by atoms with Crippen LogP contribution in [-0.2, 0) is 4.79 Å². The van der Waals surface area contributed by atoms with Gasteiger partial charge in [0.05, 0.1) is 5.56 Å². The maximum atomic E-state index is 12.0. The lowest BCUT2D eigenvalue weighted by molar-refractivity contribution is -0.116. The van der Waals surface area contributed by atoms with Gasteiger partial charge < -0.3 is 15.7 Å². The van der Waals surface area contributed by atoms with Crippen LogP contribution in [0.2, 0.25) is 0 Å². The molecule has 0 radical (unpaired) electrons. The number of amides is 1. The Morgan fingerprint density at radius 1 is 1.29 bits per heavy atom. The molecule has 1 saturated heterocycles. The number of piperidine rings is 1. The number of benzene rings is 1. The van der Waals surface area contributed by atoms with Gasteiger partial charge in [0, 0.05) is 16.6 Å². The van der Waals surface area contributed by atoms with Crippen molar-refractivity contribution in [3.63, 3.8) is 0 Å². The predicted octanol–water partition coefficient (Wildman–Crippen LogP) is 2.87. The molecular weight excluding hydrogens is 336 g/mol. The molecule has 0 aliphatic carbocycles. The molecule has 1 aromatic carbocycles. The SMILES string of the molecule is O=C(CCC1CCNCC1)Nc1cc(Br)cc(C(=O)O)c1. The van der Waals surface area contributed by atoms with Crippen molar-refractivity contribution in [1.29, 1.82) is 0 Å². The van der Waals surface area contributed by atoms with E-state index in [0.29, 0.717) is 22.5 Å². The number of aromatic carboxylic acids is 1. The van der Waals surface area contributed by atoms with Gasteiger partial charge in [0.25, 0.3) is 0 Å².